The summed E-state index contributed by atoms with van der Waals surface area (Å²) >= 11 is 0. The Kier molecular flexibility index (Phi) is 2.69. The lowest BCUT2D eigenvalue weighted by Crippen LogP contribution is -2.78. The molecule has 0 aromatic heterocycles. The average Bonchev–Trinajstić information content (AvgIpc) is 2.64. The van der Waals surface area contributed by atoms with Gasteiger partial charge in [0, 0.05) is 17.8 Å². The van der Waals surface area contributed by atoms with E-state index < -0.39 is 17.3 Å². The predicted molar refractivity (Wildman–Crippen MR) is 87.9 cm³/mol. The monoisotopic (exact) mass is 332 g/mol. The van der Waals surface area contributed by atoms with Crippen molar-refractivity contribution in [3.63, 3.8) is 0 Å². The van der Waals surface area contributed by atoms with E-state index in [0.717, 1.165) is 32.1 Å². The van der Waals surface area contributed by atoms with E-state index in [0.29, 0.717) is 24.5 Å². The topological polar surface area (TPSA) is 66.8 Å². The molecule has 0 amide bonds. The molecule has 2 spiro atoms. The smallest absolute Gasteiger partial charge is 0.181 e. The third kappa shape index (κ3) is 1.33. The molecule has 4 bridgehead atoms. The van der Waals surface area contributed by atoms with E-state index in [4.69, 9.17) is 4.74 Å². The zero-order valence-electron chi connectivity index (χ0n) is 14.7. The van der Waals surface area contributed by atoms with Crippen LogP contribution < -0.4 is 0 Å². The van der Waals surface area contributed by atoms with Gasteiger partial charge in [0.05, 0.1) is 12.7 Å². The maximum Gasteiger partial charge on any atom is 0.181 e. The average molecular weight is 332 g/mol. The molecule has 6 fully saturated rings. The normalized spacial score (nSPS) is 57.7. The molecule has 132 valence electrons. The first-order chi connectivity index (χ1) is 11.2. The standard InChI is InChI=1S/C20H28O4/c1-11-12-5-6-13-18-8-4-7-17(2,3)14(18)9-19(23,24-10-18)20(13,15(11)21)16(12)22/h12-14,16,22-23H,1,4-10H2,2-3H3/t12-,13-,14+,16+,18+,19+,20-/m0/s1. The molecular formula is C20H28O4. The molecule has 0 radical (unpaired) electrons. The van der Waals surface area contributed by atoms with E-state index in [-0.39, 0.29) is 28.4 Å². The summed E-state index contributed by atoms with van der Waals surface area (Å²) in [6.45, 7) is 9.11. The van der Waals surface area contributed by atoms with Crippen molar-refractivity contribution >= 4 is 5.78 Å². The summed E-state index contributed by atoms with van der Waals surface area (Å²) in [5.41, 5.74) is -0.608. The lowest BCUT2D eigenvalue weighted by Gasteiger charge is -2.72. The van der Waals surface area contributed by atoms with Gasteiger partial charge in [0.25, 0.3) is 0 Å². The van der Waals surface area contributed by atoms with Crippen molar-refractivity contribution < 1.29 is 19.7 Å². The summed E-state index contributed by atoms with van der Waals surface area (Å²) in [4.78, 5) is 13.3. The molecule has 6 rings (SSSR count). The van der Waals surface area contributed by atoms with Gasteiger partial charge < -0.3 is 14.9 Å². The number of hydrogen-bond donors (Lipinski definition) is 2. The predicted octanol–water partition coefficient (Wildman–Crippen LogP) is 2.43. The van der Waals surface area contributed by atoms with Gasteiger partial charge in [-0.25, -0.2) is 0 Å². The second kappa shape index (κ2) is 4.16. The van der Waals surface area contributed by atoms with Crippen molar-refractivity contribution in [2.45, 2.75) is 64.3 Å². The number of aliphatic hydroxyl groups excluding tert-OH is 1. The molecule has 4 heteroatoms. The van der Waals surface area contributed by atoms with Crippen LogP contribution in [0.5, 0.6) is 0 Å². The molecule has 6 aliphatic rings. The Morgan fingerprint density at radius 1 is 1.21 bits per heavy atom. The first kappa shape index (κ1) is 15.5. The van der Waals surface area contributed by atoms with Gasteiger partial charge in [-0.3, -0.25) is 4.79 Å². The maximum absolute atomic E-state index is 13.3. The van der Waals surface area contributed by atoms with Crippen molar-refractivity contribution in [1.29, 1.82) is 0 Å². The largest absolute Gasteiger partial charge is 0.391 e. The van der Waals surface area contributed by atoms with Gasteiger partial charge in [0.15, 0.2) is 11.6 Å². The van der Waals surface area contributed by atoms with Gasteiger partial charge in [0.2, 0.25) is 0 Å². The molecule has 0 aromatic rings. The van der Waals surface area contributed by atoms with Gasteiger partial charge in [-0.1, -0.05) is 26.8 Å². The van der Waals surface area contributed by atoms with Crippen LogP contribution in [0.15, 0.2) is 12.2 Å². The highest BCUT2D eigenvalue weighted by Gasteiger charge is 2.82. The molecule has 24 heavy (non-hydrogen) atoms. The lowest BCUT2D eigenvalue weighted by molar-refractivity contribution is -0.414. The van der Waals surface area contributed by atoms with Crippen molar-refractivity contribution in [3.8, 4) is 0 Å². The van der Waals surface area contributed by atoms with Gasteiger partial charge in [0.1, 0.15) is 5.41 Å². The number of aliphatic hydroxyl groups is 2. The summed E-state index contributed by atoms with van der Waals surface area (Å²) in [6.07, 6.45) is 4.66. The van der Waals surface area contributed by atoms with E-state index in [1.807, 2.05) is 0 Å². The number of fused-ring (bicyclic) bond motifs is 2. The summed E-state index contributed by atoms with van der Waals surface area (Å²) in [5, 5.41) is 22.7. The number of hydrogen-bond acceptors (Lipinski definition) is 4. The second-order valence-corrected chi connectivity index (χ2v) is 9.81. The second-order valence-electron chi connectivity index (χ2n) is 9.81. The van der Waals surface area contributed by atoms with Crippen LogP contribution in [-0.2, 0) is 9.53 Å². The quantitative estimate of drug-likeness (QED) is 0.669. The van der Waals surface area contributed by atoms with Gasteiger partial charge in [-0.05, 0) is 48.5 Å². The molecule has 0 unspecified atom stereocenters. The zero-order chi connectivity index (χ0) is 17.1. The van der Waals surface area contributed by atoms with Gasteiger partial charge in [-0.15, -0.1) is 0 Å². The molecule has 4 nitrogen and oxygen atoms in total. The Morgan fingerprint density at radius 3 is 2.71 bits per heavy atom. The molecule has 2 heterocycles. The molecule has 7 atom stereocenters. The van der Waals surface area contributed by atoms with Crippen molar-refractivity contribution in [2.24, 2.45) is 34.0 Å². The summed E-state index contributed by atoms with van der Waals surface area (Å²) in [5.74, 6) is -1.50. The van der Waals surface area contributed by atoms with Crippen molar-refractivity contribution in [2.75, 3.05) is 6.61 Å². The Morgan fingerprint density at radius 2 is 1.96 bits per heavy atom. The number of carbonyl (C=O) groups excluding carboxylic acids is 1. The number of ketones is 1. The van der Waals surface area contributed by atoms with Crippen LogP contribution in [0.1, 0.15) is 52.4 Å². The highest BCUT2D eigenvalue weighted by molar-refractivity contribution is 6.05. The lowest BCUT2D eigenvalue weighted by atomic mass is 9.37. The van der Waals surface area contributed by atoms with E-state index >= 15 is 0 Å². The van der Waals surface area contributed by atoms with Crippen LogP contribution in [0.3, 0.4) is 0 Å². The fourth-order valence-electron chi connectivity index (χ4n) is 7.82. The number of carbonyl (C=O) groups is 1. The first-order valence-electron chi connectivity index (χ1n) is 9.49. The van der Waals surface area contributed by atoms with Crippen LogP contribution in [0.4, 0.5) is 0 Å². The number of ether oxygens (including phenoxy) is 1. The van der Waals surface area contributed by atoms with E-state index in [9.17, 15) is 15.0 Å². The molecule has 2 N–H and O–H groups in total. The molecular weight excluding hydrogens is 304 g/mol. The molecule has 4 aliphatic carbocycles. The molecule has 2 aliphatic heterocycles. The number of rotatable bonds is 0. The molecule has 0 aromatic carbocycles. The summed E-state index contributed by atoms with van der Waals surface area (Å²) < 4.78 is 6.03. The van der Waals surface area contributed by atoms with Crippen LogP contribution in [0, 0.1) is 34.0 Å². The number of Topliss-reactive ketones (excluding diaryl/α,β-unsaturated/α-hetero) is 1. The van der Waals surface area contributed by atoms with Crippen LogP contribution >= 0.6 is 0 Å². The molecule has 2 saturated heterocycles. The maximum atomic E-state index is 13.3. The Balaban J connectivity index is 1.75. The first-order valence-corrected chi connectivity index (χ1v) is 9.49. The van der Waals surface area contributed by atoms with Crippen LogP contribution in [0.25, 0.3) is 0 Å². The van der Waals surface area contributed by atoms with Crippen molar-refractivity contribution in [1.82, 2.24) is 0 Å². The van der Waals surface area contributed by atoms with E-state index in [1.54, 1.807) is 0 Å². The van der Waals surface area contributed by atoms with E-state index in [2.05, 4.69) is 20.4 Å². The van der Waals surface area contributed by atoms with Gasteiger partial charge in [-0.2, -0.15) is 0 Å². The zero-order valence-corrected chi connectivity index (χ0v) is 14.7. The van der Waals surface area contributed by atoms with E-state index in [1.165, 1.54) is 0 Å². The van der Waals surface area contributed by atoms with Crippen molar-refractivity contribution in [3.05, 3.63) is 12.2 Å². The Hall–Kier alpha value is -0.710. The summed E-state index contributed by atoms with van der Waals surface area (Å²) in [6, 6.07) is 0. The third-order valence-corrected chi connectivity index (χ3v) is 8.78. The van der Waals surface area contributed by atoms with Gasteiger partial charge >= 0.3 is 0 Å². The third-order valence-electron chi connectivity index (χ3n) is 8.78. The minimum atomic E-state index is -1.53. The fourth-order valence-corrected chi connectivity index (χ4v) is 7.82. The Bertz CT molecular complexity index is 654. The SMILES string of the molecule is C=C1C(=O)[C@]23[C@H](O)[C@H]1CC[C@H]2[C@]12CCCC(C)(C)[C@H]1C[C@@]3(O)OC2. The van der Waals surface area contributed by atoms with Crippen LogP contribution in [-0.4, -0.2) is 34.5 Å². The minimum absolute atomic E-state index is 0.0140. The highest BCUT2D eigenvalue weighted by atomic mass is 16.6. The molecule has 4 saturated carbocycles. The highest BCUT2D eigenvalue weighted by Crippen LogP contribution is 2.76. The minimum Gasteiger partial charge on any atom is -0.391 e. The Labute approximate surface area is 143 Å². The summed E-state index contributed by atoms with van der Waals surface area (Å²) in [7, 11) is 0. The van der Waals surface area contributed by atoms with Crippen LogP contribution in [0.2, 0.25) is 0 Å². The fraction of sp³-hybridized carbons (Fsp3) is 0.850.